The Balaban J connectivity index is 1.40. The van der Waals surface area contributed by atoms with E-state index in [4.69, 9.17) is 4.42 Å². The molecule has 0 saturated carbocycles. The minimum absolute atomic E-state index is 0.926. The maximum absolute atomic E-state index is 7.16. The summed E-state index contributed by atoms with van der Waals surface area (Å²) >= 11 is 0. The largest absolute Gasteiger partial charge is 0.455 e. The van der Waals surface area contributed by atoms with Crippen LogP contribution in [0.4, 0.5) is 0 Å². The van der Waals surface area contributed by atoms with E-state index in [1.165, 1.54) is 27.4 Å². The monoisotopic (exact) mass is 574 g/mol. The Hall–Kier alpha value is -6.06. The standard InChI is InChI=1S/C42H26N2O/c1-4-13-27(14-5-1)30-20-12-22-35-38(30)40-37(44(35)29-17-8-3-9-18-29)26-24-32-31-23-25-36-39(41(31)45-42(32)40)33-19-10-11-21-34(33)43(36)28-15-6-2-7-16-28/h1-26H. The predicted octanol–water partition coefficient (Wildman–Crippen LogP) is 11.4. The molecule has 45 heavy (non-hydrogen) atoms. The van der Waals surface area contributed by atoms with E-state index in [2.05, 4.69) is 167 Å². The molecule has 0 aliphatic heterocycles. The van der Waals surface area contributed by atoms with Crippen molar-refractivity contribution in [3.8, 4) is 22.5 Å². The number of hydrogen-bond acceptors (Lipinski definition) is 1. The minimum Gasteiger partial charge on any atom is -0.455 e. The summed E-state index contributed by atoms with van der Waals surface area (Å²) in [6, 6.07) is 56.2. The van der Waals surface area contributed by atoms with Gasteiger partial charge in [0.05, 0.1) is 32.8 Å². The topological polar surface area (TPSA) is 23.0 Å². The van der Waals surface area contributed by atoms with Crippen LogP contribution in [-0.2, 0) is 0 Å². The molecule has 0 unspecified atom stereocenters. The average Bonchev–Trinajstić information content (AvgIpc) is 3.77. The second-order valence-corrected chi connectivity index (χ2v) is 11.7. The molecule has 0 spiro atoms. The van der Waals surface area contributed by atoms with Crippen LogP contribution in [0.3, 0.4) is 0 Å². The molecule has 0 N–H and O–H groups in total. The number of hydrogen-bond donors (Lipinski definition) is 0. The molecular formula is C42H26N2O. The van der Waals surface area contributed by atoms with Gasteiger partial charge in [-0.05, 0) is 71.8 Å². The summed E-state index contributed by atoms with van der Waals surface area (Å²) in [5.41, 5.74) is 11.1. The van der Waals surface area contributed by atoms with Gasteiger partial charge in [0.2, 0.25) is 0 Å². The second-order valence-electron chi connectivity index (χ2n) is 11.7. The number of furan rings is 1. The van der Waals surface area contributed by atoms with E-state index in [-0.39, 0.29) is 0 Å². The van der Waals surface area contributed by atoms with Crippen LogP contribution in [0, 0.1) is 0 Å². The van der Waals surface area contributed by atoms with Crippen LogP contribution in [0.25, 0.3) is 88.1 Å². The molecule has 0 fully saturated rings. The number of fused-ring (bicyclic) bond motifs is 11. The molecule has 3 aromatic heterocycles. The molecule has 210 valence electrons. The zero-order chi connectivity index (χ0) is 29.5. The number of benzene rings is 7. The lowest BCUT2D eigenvalue weighted by Crippen LogP contribution is -1.93. The Bertz CT molecular complexity index is 2730. The first-order valence-corrected chi connectivity index (χ1v) is 15.4. The zero-order valence-corrected chi connectivity index (χ0v) is 24.3. The third kappa shape index (κ3) is 3.35. The summed E-state index contributed by atoms with van der Waals surface area (Å²) in [6.07, 6.45) is 0. The van der Waals surface area contributed by atoms with Gasteiger partial charge < -0.3 is 13.6 Å². The van der Waals surface area contributed by atoms with Crippen molar-refractivity contribution in [2.45, 2.75) is 0 Å². The van der Waals surface area contributed by atoms with Crippen LogP contribution < -0.4 is 0 Å². The van der Waals surface area contributed by atoms with E-state index in [1.54, 1.807) is 0 Å². The van der Waals surface area contributed by atoms with Crippen molar-refractivity contribution in [2.75, 3.05) is 0 Å². The minimum atomic E-state index is 0.926. The lowest BCUT2D eigenvalue weighted by molar-refractivity contribution is 0.677. The van der Waals surface area contributed by atoms with Crippen LogP contribution in [0.15, 0.2) is 162 Å². The van der Waals surface area contributed by atoms with Gasteiger partial charge in [-0.2, -0.15) is 0 Å². The van der Waals surface area contributed by atoms with E-state index < -0.39 is 0 Å². The molecule has 0 aliphatic carbocycles. The molecule has 3 nitrogen and oxygen atoms in total. The van der Waals surface area contributed by atoms with E-state index in [1.807, 2.05) is 0 Å². The second kappa shape index (κ2) is 9.22. The van der Waals surface area contributed by atoms with E-state index in [0.717, 1.165) is 60.6 Å². The van der Waals surface area contributed by atoms with Crippen LogP contribution in [0.2, 0.25) is 0 Å². The molecule has 3 heteroatoms. The lowest BCUT2D eigenvalue weighted by Gasteiger charge is -2.08. The van der Waals surface area contributed by atoms with Gasteiger partial charge in [-0.3, -0.25) is 0 Å². The third-order valence-corrected chi connectivity index (χ3v) is 9.31. The zero-order valence-electron chi connectivity index (χ0n) is 24.3. The summed E-state index contributed by atoms with van der Waals surface area (Å²) in [5.74, 6) is 0. The Labute approximate surface area is 258 Å². The molecular weight excluding hydrogens is 548 g/mol. The Morgan fingerprint density at radius 2 is 0.844 bits per heavy atom. The molecule has 0 amide bonds. The molecule has 7 aromatic carbocycles. The van der Waals surface area contributed by atoms with Gasteiger partial charge in [0.25, 0.3) is 0 Å². The van der Waals surface area contributed by atoms with Crippen molar-refractivity contribution >= 4 is 65.6 Å². The van der Waals surface area contributed by atoms with Gasteiger partial charge in [-0.1, -0.05) is 97.1 Å². The lowest BCUT2D eigenvalue weighted by atomic mass is 9.98. The maximum Gasteiger partial charge on any atom is 0.145 e. The average molecular weight is 575 g/mol. The highest BCUT2D eigenvalue weighted by Crippen LogP contribution is 2.46. The Kier molecular flexibility index (Phi) is 5.00. The predicted molar refractivity (Wildman–Crippen MR) is 188 cm³/mol. The van der Waals surface area contributed by atoms with Crippen molar-refractivity contribution in [3.63, 3.8) is 0 Å². The number of rotatable bonds is 3. The third-order valence-electron chi connectivity index (χ3n) is 9.31. The van der Waals surface area contributed by atoms with Crippen molar-refractivity contribution in [1.29, 1.82) is 0 Å². The van der Waals surface area contributed by atoms with Crippen LogP contribution in [0.5, 0.6) is 0 Å². The first-order valence-electron chi connectivity index (χ1n) is 15.4. The quantitative estimate of drug-likeness (QED) is 0.206. The molecule has 3 heterocycles. The first kappa shape index (κ1) is 24.4. The first-order chi connectivity index (χ1) is 22.4. The van der Waals surface area contributed by atoms with E-state index >= 15 is 0 Å². The molecule has 0 atom stereocenters. The van der Waals surface area contributed by atoms with Gasteiger partial charge in [0.15, 0.2) is 0 Å². The molecule has 0 saturated heterocycles. The van der Waals surface area contributed by atoms with Gasteiger partial charge in [0.1, 0.15) is 11.2 Å². The van der Waals surface area contributed by atoms with Crippen LogP contribution >= 0.6 is 0 Å². The van der Waals surface area contributed by atoms with Crippen LogP contribution in [0.1, 0.15) is 0 Å². The number of para-hydroxylation sites is 3. The van der Waals surface area contributed by atoms with Gasteiger partial charge in [-0.15, -0.1) is 0 Å². The highest BCUT2D eigenvalue weighted by molar-refractivity contribution is 6.30. The van der Waals surface area contributed by atoms with E-state index in [9.17, 15) is 0 Å². The Morgan fingerprint density at radius 3 is 1.53 bits per heavy atom. The molecule has 0 radical (unpaired) electrons. The number of aromatic nitrogens is 2. The Morgan fingerprint density at radius 1 is 0.333 bits per heavy atom. The van der Waals surface area contributed by atoms with Gasteiger partial charge in [-0.25, -0.2) is 0 Å². The summed E-state index contributed by atoms with van der Waals surface area (Å²) in [5, 5.41) is 6.94. The molecule has 10 aromatic rings. The maximum atomic E-state index is 7.16. The summed E-state index contributed by atoms with van der Waals surface area (Å²) in [7, 11) is 0. The van der Waals surface area contributed by atoms with Crippen molar-refractivity contribution in [1.82, 2.24) is 9.13 Å². The van der Waals surface area contributed by atoms with Crippen molar-refractivity contribution in [2.24, 2.45) is 0 Å². The summed E-state index contributed by atoms with van der Waals surface area (Å²) < 4.78 is 11.9. The molecule has 10 rings (SSSR count). The highest BCUT2D eigenvalue weighted by Gasteiger charge is 2.23. The highest BCUT2D eigenvalue weighted by atomic mass is 16.3. The van der Waals surface area contributed by atoms with Gasteiger partial charge >= 0.3 is 0 Å². The fourth-order valence-corrected chi connectivity index (χ4v) is 7.45. The van der Waals surface area contributed by atoms with Gasteiger partial charge in [0, 0.05) is 32.9 Å². The van der Waals surface area contributed by atoms with Crippen molar-refractivity contribution < 1.29 is 4.42 Å². The smallest absolute Gasteiger partial charge is 0.145 e. The molecule has 0 bridgehead atoms. The van der Waals surface area contributed by atoms with Crippen LogP contribution in [-0.4, -0.2) is 9.13 Å². The SMILES string of the molecule is c1ccc(-c2cccc3c2c2c4oc5c(ccc6c5c5ccccc5n6-c5ccccc5)c4ccc2n3-c2ccccc2)cc1. The van der Waals surface area contributed by atoms with Crippen molar-refractivity contribution in [3.05, 3.63) is 158 Å². The summed E-state index contributed by atoms with van der Waals surface area (Å²) in [6.45, 7) is 0. The number of nitrogens with zero attached hydrogens (tertiary/aromatic N) is 2. The van der Waals surface area contributed by atoms with E-state index in [0.29, 0.717) is 0 Å². The molecule has 0 aliphatic rings. The summed E-state index contributed by atoms with van der Waals surface area (Å²) in [4.78, 5) is 0. The fourth-order valence-electron chi connectivity index (χ4n) is 7.45. The normalized spacial score (nSPS) is 12.0. The fraction of sp³-hybridized carbons (Fsp3) is 0.